The Kier molecular flexibility index (Phi) is 3.11. The van der Waals surface area contributed by atoms with E-state index in [1.807, 2.05) is 19.1 Å². The largest absolute Gasteiger partial charge is 0.381 e. The lowest BCUT2D eigenvalue weighted by atomic mass is 9.46. The molecule has 4 rings (SSSR count). The summed E-state index contributed by atoms with van der Waals surface area (Å²) < 4.78 is 29.7. The SMILES string of the molecule is Cc1ccc(N[C@@H]2[C@H]3CCO[C@@H]3C23CCC3)cc1S(C)(=O)=O. The van der Waals surface area contributed by atoms with Crippen molar-refractivity contribution in [3.63, 3.8) is 0 Å². The Labute approximate surface area is 132 Å². The average molecular weight is 321 g/mol. The predicted molar refractivity (Wildman–Crippen MR) is 85.8 cm³/mol. The van der Waals surface area contributed by atoms with E-state index >= 15 is 0 Å². The van der Waals surface area contributed by atoms with E-state index in [1.165, 1.54) is 25.5 Å². The lowest BCUT2D eigenvalue weighted by Crippen LogP contribution is -2.68. The molecule has 4 nitrogen and oxygen atoms in total. The molecule has 1 N–H and O–H groups in total. The minimum atomic E-state index is -3.18. The van der Waals surface area contributed by atoms with E-state index in [9.17, 15) is 8.42 Å². The van der Waals surface area contributed by atoms with E-state index in [0.29, 0.717) is 28.4 Å². The summed E-state index contributed by atoms with van der Waals surface area (Å²) >= 11 is 0. The number of sulfone groups is 1. The van der Waals surface area contributed by atoms with Crippen LogP contribution in [-0.2, 0) is 14.6 Å². The molecule has 0 unspecified atom stereocenters. The summed E-state index contributed by atoms with van der Waals surface area (Å²) in [4.78, 5) is 0.429. The summed E-state index contributed by atoms with van der Waals surface area (Å²) in [5, 5.41) is 3.64. The molecule has 0 amide bonds. The van der Waals surface area contributed by atoms with Gasteiger partial charge in [0.1, 0.15) is 0 Å². The van der Waals surface area contributed by atoms with Crippen molar-refractivity contribution in [3.8, 4) is 0 Å². The van der Waals surface area contributed by atoms with Crippen molar-refractivity contribution in [3.05, 3.63) is 23.8 Å². The van der Waals surface area contributed by atoms with Crippen molar-refractivity contribution in [1.29, 1.82) is 0 Å². The molecule has 3 aliphatic rings. The highest BCUT2D eigenvalue weighted by molar-refractivity contribution is 7.90. The Bertz CT molecular complexity index is 709. The second-order valence-corrected chi connectivity index (χ2v) is 9.19. The number of hydrogen-bond acceptors (Lipinski definition) is 4. The van der Waals surface area contributed by atoms with Gasteiger partial charge < -0.3 is 10.1 Å². The van der Waals surface area contributed by atoms with Gasteiger partial charge in [0.15, 0.2) is 9.84 Å². The molecule has 1 saturated heterocycles. The summed E-state index contributed by atoms with van der Waals surface area (Å²) in [6.45, 7) is 2.72. The minimum Gasteiger partial charge on any atom is -0.381 e. The zero-order valence-electron chi connectivity index (χ0n) is 13.1. The monoisotopic (exact) mass is 321 g/mol. The summed E-state index contributed by atoms with van der Waals surface area (Å²) in [5.74, 6) is 0.586. The zero-order valence-corrected chi connectivity index (χ0v) is 13.9. The molecule has 2 aliphatic carbocycles. The van der Waals surface area contributed by atoms with Gasteiger partial charge in [-0.1, -0.05) is 12.5 Å². The zero-order chi connectivity index (χ0) is 15.5. The fourth-order valence-electron chi connectivity index (χ4n) is 4.72. The molecular formula is C17H23NO3S. The topological polar surface area (TPSA) is 55.4 Å². The Morgan fingerprint density at radius 2 is 2.09 bits per heavy atom. The van der Waals surface area contributed by atoms with Crippen molar-refractivity contribution >= 4 is 15.5 Å². The molecule has 3 atom stereocenters. The van der Waals surface area contributed by atoms with Crippen LogP contribution in [0.2, 0.25) is 0 Å². The molecule has 3 fully saturated rings. The van der Waals surface area contributed by atoms with Gasteiger partial charge in [-0.25, -0.2) is 8.42 Å². The van der Waals surface area contributed by atoms with E-state index in [1.54, 1.807) is 6.07 Å². The number of aryl methyl sites for hydroxylation is 1. The quantitative estimate of drug-likeness (QED) is 0.930. The van der Waals surface area contributed by atoms with Crippen LogP contribution >= 0.6 is 0 Å². The Morgan fingerprint density at radius 1 is 1.32 bits per heavy atom. The first-order valence-electron chi connectivity index (χ1n) is 8.11. The van der Waals surface area contributed by atoms with E-state index in [0.717, 1.165) is 24.3 Å². The van der Waals surface area contributed by atoms with Crippen molar-refractivity contribution in [2.75, 3.05) is 18.2 Å². The molecule has 5 heteroatoms. The maximum Gasteiger partial charge on any atom is 0.175 e. The highest BCUT2D eigenvalue weighted by atomic mass is 32.2. The summed E-state index contributed by atoms with van der Waals surface area (Å²) in [7, 11) is -3.18. The lowest BCUT2D eigenvalue weighted by Gasteiger charge is -2.63. The van der Waals surface area contributed by atoms with Crippen molar-refractivity contribution in [2.45, 2.75) is 49.6 Å². The smallest absolute Gasteiger partial charge is 0.175 e. The average Bonchev–Trinajstić information content (AvgIpc) is 2.80. The standard InChI is InChI=1S/C17H23NO3S/c1-11-4-5-12(10-14(11)22(2,19)20)18-15-13-6-9-21-16(13)17(15)7-3-8-17/h4-5,10,13,15-16,18H,3,6-9H2,1-2H3/t13-,15-,16+/m1/s1. The van der Waals surface area contributed by atoms with Gasteiger partial charge in [-0.15, -0.1) is 0 Å². The first kappa shape index (κ1) is 14.5. The van der Waals surface area contributed by atoms with Gasteiger partial charge in [0.25, 0.3) is 0 Å². The van der Waals surface area contributed by atoms with Crippen LogP contribution in [0.25, 0.3) is 0 Å². The van der Waals surface area contributed by atoms with Crippen LogP contribution in [0.1, 0.15) is 31.2 Å². The van der Waals surface area contributed by atoms with Gasteiger partial charge in [-0.3, -0.25) is 0 Å². The lowest BCUT2D eigenvalue weighted by molar-refractivity contribution is -0.158. The normalized spacial score (nSPS) is 32.2. The van der Waals surface area contributed by atoms with Crippen molar-refractivity contribution in [1.82, 2.24) is 0 Å². The van der Waals surface area contributed by atoms with E-state index in [2.05, 4.69) is 5.32 Å². The maximum absolute atomic E-state index is 11.9. The highest BCUT2D eigenvalue weighted by Gasteiger charge is 2.66. The minimum absolute atomic E-state index is 0.303. The highest BCUT2D eigenvalue weighted by Crippen LogP contribution is 2.63. The molecule has 0 aromatic heterocycles. The third-order valence-electron chi connectivity index (χ3n) is 5.95. The van der Waals surface area contributed by atoms with Gasteiger partial charge in [0.2, 0.25) is 0 Å². The molecule has 0 bridgehead atoms. The molecule has 1 aromatic carbocycles. The number of rotatable bonds is 3. The maximum atomic E-state index is 11.9. The number of fused-ring (bicyclic) bond motifs is 2. The van der Waals surface area contributed by atoms with Crippen molar-refractivity contribution in [2.24, 2.45) is 11.3 Å². The van der Waals surface area contributed by atoms with Crippen LogP contribution in [0.15, 0.2) is 23.1 Å². The summed E-state index contributed by atoms with van der Waals surface area (Å²) in [5.41, 5.74) is 2.03. The fraction of sp³-hybridized carbons (Fsp3) is 0.647. The molecular weight excluding hydrogens is 298 g/mol. The number of nitrogens with one attached hydrogen (secondary N) is 1. The molecule has 1 spiro atoms. The van der Waals surface area contributed by atoms with Gasteiger partial charge in [0.05, 0.1) is 11.0 Å². The van der Waals surface area contributed by atoms with Crippen LogP contribution in [0.3, 0.4) is 0 Å². The second kappa shape index (κ2) is 4.71. The molecule has 0 radical (unpaired) electrons. The van der Waals surface area contributed by atoms with Crippen LogP contribution in [0.4, 0.5) is 5.69 Å². The molecule has 1 aromatic rings. The van der Waals surface area contributed by atoms with Gasteiger partial charge >= 0.3 is 0 Å². The number of hydrogen-bond donors (Lipinski definition) is 1. The van der Waals surface area contributed by atoms with E-state index in [4.69, 9.17) is 4.74 Å². The molecule has 1 aliphatic heterocycles. The number of anilines is 1. The molecule has 1 heterocycles. The van der Waals surface area contributed by atoms with Crippen LogP contribution < -0.4 is 5.32 Å². The number of ether oxygens (including phenoxy) is 1. The van der Waals surface area contributed by atoms with Gasteiger partial charge in [-0.05, 0) is 43.9 Å². The third kappa shape index (κ3) is 1.95. The first-order chi connectivity index (χ1) is 10.4. The summed E-state index contributed by atoms with van der Waals surface area (Å²) in [6.07, 6.45) is 6.57. The predicted octanol–water partition coefficient (Wildman–Crippen LogP) is 2.77. The van der Waals surface area contributed by atoms with Crippen LogP contribution in [0.5, 0.6) is 0 Å². The molecule has 2 saturated carbocycles. The Hall–Kier alpha value is -1.07. The third-order valence-corrected chi connectivity index (χ3v) is 7.18. The molecule has 22 heavy (non-hydrogen) atoms. The Morgan fingerprint density at radius 3 is 2.73 bits per heavy atom. The van der Waals surface area contributed by atoms with E-state index in [-0.39, 0.29) is 0 Å². The van der Waals surface area contributed by atoms with Crippen molar-refractivity contribution < 1.29 is 13.2 Å². The van der Waals surface area contributed by atoms with Gasteiger partial charge in [-0.2, -0.15) is 0 Å². The summed E-state index contributed by atoms with van der Waals surface area (Å²) in [6, 6.07) is 6.12. The van der Waals surface area contributed by atoms with Crippen LogP contribution in [-0.4, -0.2) is 33.4 Å². The molecule has 120 valence electrons. The van der Waals surface area contributed by atoms with Gasteiger partial charge in [0, 0.05) is 35.9 Å². The fourth-order valence-corrected chi connectivity index (χ4v) is 5.72. The van der Waals surface area contributed by atoms with E-state index < -0.39 is 9.84 Å². The number of benzene rings is 1. The first-order valence-corrected chi connectivity index (χ1v) is 10.00. The Balaban J connectivity index is 1.61. The second-order valence-electron chi connectivity index (χ2n) is 7.21. The van der Waals surface area contributed by atoms with Crippen LogP contribution in [0, 0.1) is 18.3 Å².